The first kappa shape index (κ1) is 19.3. The number of aromatic amines is 1. The van der Waals surface area contributed by atoms with Crippen molar-refractivity contribution in [3.63, 3.8) is 0 Å². The second-order valence-corrected chi connectivity index (χ2v) is 6.20. The summed E-state index contributed by atoms with van der Waals surface area (Å²) >= 11 is 0. The molecule has 0 bridgehead atoms. The Morgan fingerprint density at radius 3 is 2.40 bits per heavy atom. The van der Waals surface area contributed by atoms with Crippen molar-refractivity contribution in [3.8, 4) is 57.2 Å². The third kappa shape index (κ3) is 3.41. The van der Waals surface area contributed by atoms with Gasteiger partial charge in [-0.15, -0.1) is 0 Å². The number of nitrogens with zero attached hydrogens (tertiary/aromatic N) is 3. The van der Waals surface area contributed by atoms with Crippen LogP contribution in [0.2, 0.25) is 0 Å². The van der Waals surface area contributed by atoms with Gasteiger partial charge in [0.1, 0.15) is 17.2 Å². The standard InChI is InChI=1S/C21H20N4O5/c1-26-12-8-9-13(18(10-12)28-3)15-11-16(24-23-15)21-22-20(25-30-21)14-6-5-7-17(27-2)19(14)29-4/h5-11H,1-4H3,(H,23,24). The molecule has 2 aromatic carbocycles. The van der Waals surface area contributed by atoms with Gasteiger partial charge in [-0.25, -0.2) is 0 Å². The maximum absolute atomic E-state index is 5.46. The highest BCUT2D eigenvalue weighted by Gasteiger charge is 2.19. The van der Waals surface area contributed by atoms with Crippen LogP contribution in [0.1, 0.15) is 0 Å². The Hall–Kier alpha value is -4.01. The third-order valence-electron chi connectivity index (χ3n) is 4.56. The molecule has 0 aliphatic rings. The lowest BCUT2D eigenvalue weighted by molar-refractivity contribution is 0.355. The Balaban J connectivity index is 1.68. The summed E-state index contributed by atoms with van der Waals surface area (Å²) in [6.07, 6.45) is 0. The van der Waals surface area contributed by atoms with Crippen molar-refractivity contribution in [2.45, 2.75) is 0 Å². The van der Waals surface area contributed by atoms with Gasteiger partial charge in [0.05, 0.1) is 39.7 Å². The van der Waals surface area contributed by atoms with Gasteiger partial charge in [0.25, 0.3) is 5.89 Å². The minimum Gasteiger partial charge on any atom is -0.497 e. The fourth-order valence-corrected chi connectivity index (χ4v) is 3.08. The highest BCUT2D eigenvalue weighted by molar-refractivity contribution is 5.73. The van der Waals surface area contributed by atoms with E-state index >= 15 is 0 Å². The van der Waals surface area contributed by atoms with Crippen LogP contribution in [0.3, 0.4) is 0 Å². The molecule has 0 saturated carbocycles. The number of ether oxygens (including phenoxy) is 4. The topological polar surface area (TPSA) is 105 Å². The Morgan fingerprint density at radius 1 is 0.833 bits per heavy atom. The molecule has 154 valence electrons. The van der Waals surface area contributed by atoms with E-state index in [2.05, 4.69) is 20.3 Å². The summed E-state index contributed by atoms with van der Waals surface area (Å²) < 4.78 is 26.9. The Labute approximate surface area is 172 Å². The molecule has 2 aromatic heterocycles. The zero-order valence-electron chi connectivity index (χ0n) is 16.9. The Bertz CT molecular complexity index is 1170. The maximum atomic E-state index is 5.46. The van der Waals surface area contributed by atoms with Crippen molar-refractivity contribution in [3.05, 3.63) is 42.5 Å². The van der Waals surface area contributed by atoms with Crippen LogP contribution in [0.5, 0.6) is 23.0 Å². The molecule has 1 N–H and O–H groups in total. The largest absolute Gasteiger partial charge is 0.497 e. The average molecular weight is 408 g/mol. The molecular weight excluding hydrogens is 388 g/mol. The number of nitrogens with one attached hydrogen (secondary N) is 1. The van der Waals surface area contributed by atoms with Crippen molar-refractivity contribution in [1.82, 2.24) is 20.3 Å². The number of hydrogen-bond acceptors (Lipinski definition) is 8. The summed E-state index contributed by atoms with van der Waals surface area (Å²) in [5, 5.41) is 11.4. The van der Waals surface area contributed by atoms with E-state index in [1.165, 1.54) is 0 Å². The molecule has 0 aliphatic heterocycles. The Kier molecular flexibility index (Phi) is 5.25. The number of rotatable bonds is 7. The fourth-order valence-electron chi connectivity index (χ4n) is 3.08. The van der Waals surface area contributed by atoms with Gasteiger partial charge >= 0.3 is 0 Å². The molecule has 0 spiro atoms. The van der Waals surface area contributed by atoms with Gasteiger partial charge in [-0.1, -0.05) is 11.2 Å². The van der Waals surface area contributed by atoms with Crippen LogP contribution < -0.4 is 18.9 Å². The predicted octanol–water partition coefficient (Wildman–Crippen LogP) is 3.83. The smallest absolute Gasteiger partial charge is 0.276 e. The van der Waals surface area contributed by atoms with Crippen LogP contribution >= 0.6 is 0 Å². The van der Waals surface area contributed by atoms with E-state index in [4.69, 9.17) is 23.5 Å². The first-order valence-corrected chi connectivity index (χ1v) is 9.01. The molecule has 30 heavy (non-hydrogen) atoms. The van der Waals surface area contributed by atoms with Gasteiger partial charge in [-0.2, -0.15) is 10.1 Å². The molecule has 0 saturated heterocycles. The zero-order valence-corrected chi connectivity index (χ0v) is 16.9. The van der Waals surface area contributed by atoms with E-state index in [1.807, 2.05) is 30.3 Å². The molecule has 0 amide bonds. The first-order valence-electron chi connectivity index (χ1n) is 9.01. The molecule has 2 heterocycles. The second-order valence-electron chi connectivity index (χ2n) is 6.20. The number of benzene rings is 2. The second kappa shape index (κ2) is 8.16. The van der Waals surface area contributed by atoms with Crippen LogP contribution in [-0.4, -0.2) is 48.8 Å². The van der Waals surface area contributed by atoms with Crippen LogP contribution in [0.25, 0.3) is 34.2 Å². The molecular formula is C21H20N4O5. The van der Waals surface area contributed by atoms with Crippen LogP contribution in [0, 0.1) is 0 Å². The fraction of sp³-hybridized carbons (Fsp3) is 0.190. The zero-order chi connectivity index (χ0) is 21.1. The maximum Gasteiger partial charge on any atom is 0.276 e. The quantitative estimate of drug-likeness (QED) is 0.492. The number of methoxy groups -OCH3 is 4. The minimum atomic E-state index is 0.293. The predicted molar refractivity (Wildman–Crippen MR) is 109 cm³/mol. The van der Waals surface area contributed by atoms with Crippen molar-refractivity contribution in [2.24, 2.45) is 0 Å². The van der Waals surface area contributed by atoms with Crippen molar-refractivity contribution in [2.75, 3.05) is 28.4 Å². The van der Waals surface area contributed by atoms with Crippen molar-refractivity contribution >= 4 is 0 Å². The van der Waals surface area contributed by atoms with Crippen LogP contribution in [0.4, 0.5) is 0 Å². The monoisotopic (exact) mass is 408 g/mol. The van der Waals surface area contributed by atoms with Gasteiger partial charge in [0.2, 0.25) is 5.82 Å². The SMILES string of the molecule is COc1ccc(-c2cc(-c3nc(-c4cccc(OC)c4OC)no3)[nH]n2)c(OC)c1. The van der Waals surface area contributed by atoms with Crippen molar-refractivity contribution < 1.29 is 23.5 Å². The Morgan fingerprint density at radius 2 is 1.67 bits per heavy atom. The molecule has 4 rings (SSSR count). The van der Waals surface area contributed by atoms with Gasteiger partial charge < -0.3 is 23.5 Å². The molecule has 4 aromatic rings. The number of hydrogen-bond donors (Lipinski definition) is 1. The highest BCUT2D eigenvalue weighted by Crippen LogP contribution is 2.37. The number of aromatic nitrogens is 4. The summed E-state index contributed by atoms with van der Waals surface area (Å²) in [4.78, 5) is 4.48. The first-order chi connectivity index (χ1) is 14.7. The van der Waals surface area contributed by atoms with Crippen LogP contribution in [0.15, 0.2) is 47.0 Å². The number of H-pyrrole nitrogens is 1. The van der Waals surface area contributed by atoms with Crippen molar-refractivity contribution in [1.29, 1.82) is 0 Å². The van der Waals surface area contributed by atoms with E-state index in [0.29, 0.717) is 51.7 Å². The molecule has 0 unspecified atom stereocenters. The van der Waals surface area contributed by atoms with E-state index in [1.54, 1.807) is 40.6 Å². The highest BCUT2D eigenvalue weighted by atomic mass is 16.5. The summed E-state index contributed by atoms with van der Waals surface area (Å²) in [5.74, 6) is 3.11. The molecule has 0 atom stereocenters. The summed E-state index contributed by atoms with van der Waals surface area (Å²) in [5.41, 5.74) is 2.70. The van der Waals surface area contributed by atoms with Crippen LogP contribution in [-0.2, 0) is 0 Å². The van der Waals surface area contributed by atoms with Gasteiger partial charge in [0.15, 0.2) is 11.5 Å². The van der Waals surface area contributed by atoms with Gasteiger partial charge in [-0.05, 0) is 30.3 Å². The van der Waals surface area contributed by atoms with Gasteiger partial charge in [-0.3, -0.25) is 5.10 Å². The van der Waals surface area contributed by atoms with E-state index in [0.717, 1.165) is 5.56 Å². The number of para-hydroxylation sites is 1. The lowest BCUT2D eigenvalue weighted by Gasteiger charge is -2.09. The lowest BCUT2D eigenvalue weighted by Crippen LogP contribution is -1.94. The summed E-state index contributed by atoms with van der Waals surface area (Å²) in [7, 11) is 6.33. The summed E-state index contributed by atoms with van der Waals surface area (Å²) in [6.45, 7) is 0. The molecule has 9 nitrogen and oxygen atoms in total. The third-order valence-corrected chi connectivity index (χ3v) is 4.56. The van der Waals surface area contributed by atoms with E-state index in [9.17, 15) is 0 Å². The molecule has 0 aliphatic carbocycles. The normalized spacial score (nSPS) is 10.7. The lowest BCUT2D eigenvalue weighted by atomic mass is 10.1. The van der Waals surface area contributed by atoms with E-state index in [-0.39, 0.29) is 0 Å². The average Bonchev–Trinajstić information content (AvgIpc) is 3.47. The molecule has 9 heteroatoms. The summed E-state index contributed by atoms with van der Waals surface area (Å²) in [6, 6.07) is 12.8. The van der Waals surface area contributed by atoms with E-state index < -0.39 is 0 Å². The van der Waals surface area contributed by atoms with Gasteiger partial charge in [0, 0.05) is 11.6 Å². The molecule has 0 fully saturated rings. The molecule has 0 radical (unpaired) electrons. The minimum absolute atomic E-state index is 0.293.